The van der Waals surface area contributed by atoms with Crippen LogP contribution in [0.5, 0.6) is 0 Å². The Bertz CT molecular complexity index is 382. The van der Waals surface area contributed by atoms with Crippen molar-refractivity contribution in [3.05, 3.63) is 0 Å². The highest BCUT2D eigenvalue weighted by molar-refractivity contribution is 5.68. The van der Waals surface area contributed by atoms with Gasteiger partial charge in [-0.2, -0.15) is 0 Å². The van der Waals surface area contributed by atoms with E-state index in [0.717, 1.165) is 51.9 Å². The Hall–Kier alpha value is -0.850. The Balaban J connectivity index is 1.52. The summed E-state index contributed by atoms with van der Waals surface area (Å²) >= 11 is 0. The Morgan fingerprint density at radius 2 is 1.80 bits per heavy atom. The van der Waals surface area contributed by atoms with Gasteiger partial charge in [0.05, 0.1) is 12.7 Å². The number of ether oxygens (including phenoxy) is 2. The second kappa shape index (κ2) is 10.3. The molecule has 0 aromatic heterocycles. The molecular formula is C19H37N3O3. The molecule has 0 aromatic rings. The number of hydrogen-bond donors (Lipinski definition) is 3. The molecule has 0 aromatic carbocycles. The molecule has 1 atom stereocenters. The molecule has 2 rings (SSSR count). The summed E-state index contributed by atoms with van der Waals surface area (Å²) in [5, 5.41) is 10.0. The topological polar surface area (TPSA) is 71.6 Å². The summed E-state index contributed by atoms with van der Waals surface area (Å²) in [7, 11) is 0. The van der Waals surface area contributed by atoms with Crippen molar-refractivity contribution in [3.8, 4) is 0 Å². The third kappa shape index (κ3) is 8.88. The zero-order chi connectivity index (χ0) is 18.1. The Morgan fingerprint density at radius 1 is 1.04 bits per heavy atom. The van der Waals surface area contributed by atoms with Crippen molar-refractivity contribution in [2.45, 2.75) is 89.5 Å². The molecule has 2 aliphatic rings. The van der Waals surface area contributed by atoms with E-state index in [1.165, 1.54) is 19.3 Å². The van der Waals surface area contributed by atoms with Gasteiger partial charge in [-0.15, -0.1) is 0 Å². The lowest BCUT2D eigenvalue weighted by molar-refractivity contribution is 0.0186. The van der Waals surface area contributed by atoms with E-state index >= 15 is 0 Å². The van der Waals surface area contributed by atoms with E-state index in [-0.39, 0.29) is 12.1 Å². The molecule has 146 valence electrons. The number of carbonyl (C=O) groups is 1. The molecule has 2 fully saturated rings. The summed E-state index contributed by atoms with van der Waals surface area (Å²) in [5.74, 6) is 0. The van der Waals surface area contributed by atoms with Crippen LogP contribution < -0.4 is 16.0 Å². The van der Waals surface area contributed by atoms with Crippen molar-refractivity contribution in [1.29, 1.82) is 0 Å². The molecule has 3 N–H and O–H groups in total. The second-order valence-corrected chi connectivity index (χ2v) is 8.32. The molecule has 6 nitrogen and oxygen atoms in total. The van der Waals surface area contributed by atoms with Crippen LogP contribution in [0, 0.1) is 0 Å². The fraction of sp³-hybridized carbons (Fsp3) is 0.947. The average Bonchev–Trinajstić information content (AvgIpc) is 2.80. The summed E-state index contributed by atoms with van der Waals surface area (Å²) < 4.78 is 11.3. The molecular weight excluding hydrogens is 318 g/mol. The Labute approximate surface area is 152 Å². The van der Waals surface area contributed by atoms with Crippen molar-refractivity contribution in [1.82, 2.24) is 16.0 Å². The van der Waals surface area contributed by atoms with Crippen molar-refractivity contribution in [2.75, 3.05) is 26.2 Å². The van der Waals surface area contributed by atoms with E-state index < -0.39 is 5.60 Å². The predicted molar refractivity (Wildman–Crippen MR) is 99.9 cm³/mol. The maximum Gasteiger partial charge on any atom is 0.407 e. The molecule has 1 saturated carbocycles. The summed E-state index contributed by atoms with van der Waals surface area (Å²) in [6.45, 7) is 9.63. The average molecular weight is 356 g/mol. The normalized spacial score (nSPS) is 28.2. The van der Waals surface area contributed by atoms with Crippen LogP contribution in [0.25, 0.3) is 0 Å². The lowest BCUT2D eigenvalue weighted by Gasteiger charge is -2.30. The number of carbonyl (C=O) groups excluding carboxylic acids is 1. The van der Waals surface area contributed by atoms with Gasteiger partial charge in [0, 0.05) is 18.6 Å². The van der Waals surface area contributed by atoms with E-state index in [0.29, 0.717) is 12.1 Å². The summed E-state index contributed by atoms with van der Waals surface area (Å²) in [5.41, 5.74) is -0.440. The fourth-order valence-electron chi connectivity index (χ4n) is 3.56. The molecule has 1 heterocycles. The van der Waals surface area contributed by atoms with Gasteiger partial charge in [0.2, 0.25) is 0 Å². The van der Waals surface area contributed by atoms with Crippen molar-refractivity contribution >= 4 is 6.09 Å². The second-order valence-electron chi connectivity index (χ2n) is 8.32. The monoisotopic (exact) mass is 355 g/mol. The third-order valence-corrected chi connectivity index (χ3v) is 4.86. The van der Waals surface area contributed by atoms with Gasteiger partial charge >= 0.3 is 6.09 Å². The lowest BCUT2D eigenvalue weighted by atomic mass is 9.93. The lowest BCUT2D eigenvalue weighted by Crippen LogP contribution is -2.42. The number of hydrogen-bond acceptors (Lipinski definition) is 5. The maximum atomic E-state index is 11.8. The predicted octanol–water partition coefficient (Wildman–Crippen LogP) is 2.57. The molecule has 0 spiro atoms. The highest BCUT2D eigenvalue weighted by Gasteiger charge is 2.25. The first-order chi connectivity index (χ1) is 11.9. The first-order valence-corrected chi connectivity index (χ1v) is 9.97. The van der Waals surface area contributed by atoms with E-state index in [1.807, 2.05) is 20.8 Å². The van der Waals surface area contributed by atoms with Crippen LogP contribution in [-0.4, -0.2) is 56.1 Å². The molecule has 1 aliphatic carbocycles. The first kappa shape index (κ1) is 20.5. The Kier molecular flexibility index (Phi) is 8.46. The SMILES string of the molecule is CC(C)(C)OC(=O)NC1CCC(OCCNC2CCCNCC2)CC1. The molecule has 25 heavy (non-hydrogen) atoms. The summed E-state index contributed by atoms with van der Waals surface area (Å²) in [6.07, 6.45) is 7.69. The van der Waals surface area contributed by atoms with E-state index in [9.17, 15) is 4.79 Å². The number of amides is 1. The van der Waals surface area contributed by atoms with Gasteiger partial charge in [-0.3, -0.25) is 0 Å². The van der Waals surface area contributed by atoms with E-state index in [4.69, 9.17) is 9.47 Å². The molecule has 0 radical (unpaired) electrons. The smallest absolute Gasteiger partial charge is 0.407 e. The highest BCUT2D eigenvalue weighted by atomic mass is 16.6. The van der Waals surface area contributed by atoms with Crippen LogP contribution in [-0.2, 0) is 9.47 Å². The zero-order valence-electron chi connectivity index (χ0n) is 16.2. The van der Waals surface area contributed by atoms with Crippen LogP contribution in [0.15, 0.2) is 0 Å². The summed E-state index contributed by atoms with van der Waals surface area (Å²) in [4.78, 5) is 11.8. The van der Waals surface area contributed by atoms with E-state index in [1.54, 1.807) is 0 Å². The minimum Gasteiger partial charge on any atom is -0.444 e. The van der Waals surface area contributed by atoms with Gasteiger partial charge in [-0.25, -0.2) is 4.79 Å². The largest absolute Gasteiger partial charge is 0.444 e. The quantitative estimate of drug-likeness (QED) is 0.639. The maximum absolute atomic E-state index is 11.8. The van der Waals surface area contributed by atoms with Crippen LogP contribution >= 0.6 is 0 Å². The van der Waals surface area contributed by atoms with Crippen LogP contribution in [0.3, 0.4) is 0 Å². The van der Waals surface area contributed by atoms with Gasteiger partial charge in [0.1, 0.15) is 5.60 Å². The van der Waals surface area contributed by atoms with Crippen molar-refractivity contribution in [3.63, 3.8) is 0 Å². The first-order valence-electron chi connectivity index (χ1n) is 9.97. The van der Waals surface area contributed by atoms with Gasteiger partial charge in [0.15, 0.2) is 0 Å². The van der Waals surface area contributed by atoms with Gasteiger partial charge < -0.3 is 25.4 Å². The number of alkyl carbamates (subject to hydrolysis) is 1. The minimum absolute atomic E-state index is 0.214. The molecule has 0 bridgehead atoms. The molecule has 1 saturated heterocycles. The number of rotatable bonds is 6. The molecule has 1 amide bonds. The van der Waals surface area contributed by atoms with Crippen LogP contribution in [0.4, 0.5) is 4.79 Å². The third-order valence-electron chi connectivity index (χ3n) is 4.86. The highest BCUT2D eigenvalue weighted by Crippen LogP contribution is 2.21. The Morgan fingerprint density at radius 3 is 2.52 bits per heavy atom. The van der Waals surface area contributed by atoms with Crippen LogP contribution in [0.2, 0.25) is 0 Å². The molecule has 1 unspecified atom stereocenters. The van der Waals surface area contributed by atoms with E-state index in [2.05, 4.69) is 16.0 Å². The van der Waals surface area contributed by atoms with Crippen molar-refractivity contribution < 1.29 is 14.3 Å². The molecule has 6 heteroatoms. The van der Waals surface area contributed by atoms with Crippen molar-refractivity contribution in [2.24, 2.45) is 0 Å². The summed E-state index contributed by atoms with van der Waals surface area (Å²) in [6, 6.07) is 0.846. The minimum atomic E-state index is -0.440. The van der Waals surface area contributed by atoms with Gasteiger partial charge in [0.25, 0.3) is 0 Å². The zero-order valence-corrected chi connectivity index (χ0v) is 16.2. The molecule has 1 aliphatic heterocycles. The number of nitrogens with one attached hydrogen (secondary N) is 3. The van der Waals surface area contributed by atoms with Crippen LogP contribution in [0.1, 0.15) is 65.7 Å². The van der Waals surface area contributed by atoms with Gasteiger partial charge in [-0.1, -0.05) is 0 Å². The van der Waals surface area contributed by atoms with Gasteiger partial charge in [-0.05, 0) is 78.8 Å². The fourth-order valence-corrected chi connectivity index (χ4v) is 3.56. The standard InChI is InChI=1S/C19H37N3O3/c1-19(2,3)25-18(23)22-16-6-8-17(9-7-16)24-14-13-21-15-5-4-11-20-12-10-15/h15-17,20-21H,4-14H2,1-3H3,(H,22,23).